The van der Waals surface area contributed by atoms with Gasteiger partial charge >= 0.3 is 5.97 Å². The maximum Gasteiger partial charge on any atom is 0.329 e. The number of pyridine rings is 1. The van der Waals surface area contributed by atoms with Crippen molar-refractivity contribution in [3.05, 3.63) is 70.0 Å². The van der Waals surface area contributed by atoms with Crippen molar-refractivity contribution >= 4 is 28.5 Å². The van der Waals surface area contributed by atoms with Crippen LogP contribution in [0.5, 0.6) is 5.75 Å². The van der Waals surface area contributed by atoms with Crippen LogP contribution in [0.4, 0.5) is 0 Å². The molecule has 4 rings (SSSR count). The minimum atomic E-state index is -0.690. The van der Waals surface area contributed by atoms with Crippen LogP contribution in [0.1, 0.15) is 17.2 Å². The third-order valence-electron chi connectivity index (χ3n) is 4.68. The van der Waals surface area contributed by atoms with Gasteiger partial charge in [0, 0.05) is 23.8 Å². The maximum absolute atomic E-state index is 12.6. The lowest BCUT2D eigenvalue weighted by Gasteiger charge is -2.14. The van der Waals surface area contributed by atoms with Crippen molar-refractivity contribution in [1.82, 2.24) is 4.57 Å². The standard InChI is InChI=1S/C20H17NO4S/c1-25-20(24)16-11-26-19-18(23)14(10-17(22)21(16)19)9-13-7-4-6-12-5-2-3-8-15(12)13/h2-8,10,16,23H,9,11H2,1H3/t16-/m0/s1. The number of carbonyl (C=O) groups excluding carboxylic acids is 1. The summed E-state index contributed by atoms with van der Waals surface area (Å²) in [5.74, 6) is -0.0267. The van der Waals surface area contributed by atoms with Gasteiger partial charge in [0.05, 0.1) is 7.11 Å². The lowest BCUT2D eigenvalue weighted by atomic mass is 9.98. The molecule has 132 valence electrons. The summed E-state index contributed by atoms with van der Waals surface area (Å²) in [6.45, 7) is 0. The van der Waals surface area contributed by atoms with Crippen LogP contribution < -0.4 is 5.56 Å². The van der Waals surface area contributed by atoms with Gasteiger partial charge in [-0.25, -0.2) is 4.79 Å². The Morgan fingerprint density at radius 1 is 1.23 bits per heavy atom. The number of fused-ring (bicyclic) bond motifs is 2. The molecular formula is C20H17NO4S. The van der Waals surface area contributed by atoms with Crippen LogP contribution in [0, 0.1) is 0 Å². The predicted molar refractivity (Wildman–Crippen MR) is 101 cm³/mol. The van der Waals surface area contributed by atoms with Crippen LogP contribution in [0.25, 0.3) is 10.8 Å². The fourth-order valence-corrected chi connectivity index (χ4v) is 4.62. The number of ether oxygens (including phenoxy) is 1. The second kappa shape index (κ2) is 6.53. The van der Waals surface area contributed by atoms with E-state index >= 15 is 0 Å². The van der Waals surface area contributed by atoms with Crippen LogP contribution in [0.3, 0.4) is 0 Å². The van der Waals surface area contributed by atoms with Crippen LogP contribution in [0.15, 0.2) is 58.4 Å². The number of thioether (sulfide) groups is 1. The number of rotatable bonds is 3. The minimum Gasteiger partial charge on any atom is -0.505 e. The van der Waals surface area contributed by atoms with Gasteiger partial charge in [0.25, 0.3) is 5.56 Å². The highest BCUT2D eigenvalue weighted by atomic mass is 32.2. The summed E-state index contributed by atoms with van der Waals surface area (Å²) in [6, 6.07) is 14.8. The van der Waals surface area contributed by atoms with Crippen molar-refractivity contribution in [3.63, 3.8) is 0 Å². The number of methoxy groups -OCH3 is 1. The topological polar surface area (TPSA) is 68.5 Å². The van der Waals surface area contributed by atoms with Crippen molar-refractivity contribution in [2.24, 2.45) is 0 Å². The molecule has 0 aliphatic carbocycles. The molecule has 26 heavy (non-hydrogen) atoms. The Hall–Kier alpha value is -2.73. The number of aromatic nitrogens is 1. The molecule has 0 bridgehead atoms. The average molecular weight is 367 g/mol. The van der Waals surface area contributed by atoms with Gasteiger partial charge in [-0.3, -0.25) is 9.36 Å². The quantitative estimate of drug-likeness (QED) is 0.721. The summed E-state index contributed by atoms with van der Waals surface area (Å²) in [5.41, 5.74) is 1.30. The first-order valence-electron chi connectivity index (χ1n) is 8.25. The molecule has 1 aromatic heterocycles. The Morgan fingerprint density at radius 3 is 2.81 bits per heavy atom. The van der Waals surface area contributed by atoms with Gasteiger partial charge in [-0.15, -0.1) is 11.8 Å². The first kappa shape index (κ1) is 16.7. The lowest BCUT2D eigenvalue weighted by molar-refractivity contribution is -0.143. The van der Waals surface area contributed by atoms with Crippen LogP contribution in [-0.4, -0.2) is 28.5 Å². The Kier molecular flexibility index (Phi) is 4.20. The number of nitrogens with zero attached hydrogens (tertiary/aromatic N) is 1. The normalized spacial score (nSPS) is 15.8. The van der Waals surface area contributed by atoms with Gasteiger partial charge < -0.3 is 9.84 Å². The zero-order chi connectivity index (χ0) is 18.3. The van der Waals surface area contributed by atoms with E-state index in [0.29, 0.717) is 22.8 Å². The molecule has 0 radical (unpaired) electrons. The van der Waals surface area contributed by atoms with Gasteiger partial charge in [0.1, 0.15) is 16.8 Å². The minimum absolute atomic E-state index is 0.0638. The van der Waals surface area contributed by atoms with E-state index in [2.05, 4.69) is 0 Å². The van der Waals surface area contributed by atoms with E-state index in [4.69, 9.17) is 4.74 Å². The molecule has 0 amide bonds. The zero-order valence-electron chi connectivity index (χ0n) is 14.1. The first-order chi connectivity index (χ1) is 12.6. The Morgan fingerprint density at radius 2 is 2.00 bits per heavy atom. The summed E-state index contributed by atoms with van der Waals surface area (Å²) in [7, 11) is 1.30. The predicted octanol–water partition coefficient (Wildman–Crippen LogP) is 3.12. The number of carbonyl (C=O) groups is 1. The highest BCUT2D eigenvalue weighted by Crippen LogP contribution is 2.40. The molecule has 1 atom stereocenters. The number of hydrogen-bond donors (Lipinski definition) is 1. The summed E-state index contributed by atoms with van der Waals surface area (Å²) in [6.07, 6.45) is 0.444. The smallest absolute Gasteiger partial charge is 0.329 e. The van der Waals surface area contributed by atoms with Crippen LogP contribution >= 0.6 is 11.8 Å². The lowest BCUT2D eigenvalue weighted by Crippen LogP contribution is -2.29. The summed E-state index contributed by atoms with van der Waals surface area (Å²) < 4.78 is 6.10. The van der Waals surface area contributed by atoms with Gasteiger partial charge in [-0.1, -0.05) is 42.5 Å². The van der Waals surface area contributed by atoms with Gasteiger partial charge in [0.15, 0.2) is 0 Å². The third kappa shape index (κ3) is 2.66. The summed E-state index contributed by atoms with van der Waals surface area (Å²) >= 11 is 1.30. The molecular weight excluding hydrogens is 350 g/mol. The monoisotopic (exact) mass is 367 g/mol. The SMILES string of the molecule is COC(=O)[C@@H]1CSc2c(O)c(Cc3cccc4ccccc34)cc(=O)n21. The second-order valence-electron chi connectivity index (χ2n) is 6.20. The molecule has 0 fully saturated rings. The largest absolute Gasteiger partial charge is 0.505 e. The molecule has 6 heteroatoms. The van der Waals surface area contributed by atoms with Gasteiger partial charge in [-0.05, 0) is 16.3 Å². The van der Waals surface area contributed by atoms with Crippen molar-refractivity contribution < 1.29 is 14.6 Å². The van der Waals surface area contributed by atoms with Gasteiger partial charge in [0.2, 0.25) is 0 Å². The number of benzene rings is 2. The number of hydrogen-bond acceptors (Lipinski definition) is 5. The van der Waals surface area contributed by atoms with Gasteiger partial charge in [-0.2, -0.15) is 0 Å². The molecule has 3 aromatic rings. The van der Waals surface area contributed by atoms with E-state index in [1.807, 2.05) is 42.5 Å². The third-order valence-corrected chi connectivity index (χ3v) is 5.83. The zero-order valence-corrected chi connectivity index (χ0v) is 15.0. The van der Waals surface area contributed by atoms with Crippen molar-refractivity contribution in [2.45, 2.75) is 17.5 Å². The Bertz CT molecular complexity index is 1070. The van der Waals surface area contributed by atoms with E-state index < -0.39 is 12.0 Å². The highest BCUT2D eigenvalue weighted by Gasteiger charge is 2.33. The van der Waals surface area contributed by atoms with Crippen LogP contribution in [0.2, 0.25) is 0 Å². The molecule has 1 aliphatic rings. The average Bonchev–Trinajstić information content (AvgIpc) is 3.11. The van der Waals surface area contributed by atoms with E-state index in [-0.39, 0.29) is 11.3 Å². The van der Waals surface area contributed by atoms with E-state index in [9.17, 15) is 14.7 Å². The fourth-order valence-electron chi connectivity index (χ4n) is 3.40. The van der Waals surface area contributed by atoms with E-state index in [0.717, 1.165) is 16.3 Å². The maximum atomic E-state index is 12.6. The molecule has 1 aliphatic heterocycles. The molecule has 0 spiro atoms. The van der Waals surface area contributed by atoms with Crippen molar-refractivity contribution in [2.75, 3.05) is 12.9 Å². The second-order valence-corrected chi connectivity index (χ2v) is 7.21. The highest BCUT2D eigenvalue weighted by molar-refractivity contribution is 7.99. The molecule has 0 unspecified atom stereocenters. The van der Waals surface area contributed by atoms with Crippen LogP contribution in [-0.2, 0) is 16.0 Å². The first-order valence-corrected chi connectivity index (χ1v) is 9.23. The molecule has 0 saturated heterocycles. The molecule has 0 saturated carbocycles. The Labute approximate surface area is 154 Å². The van der Waals surface area contributed by atoms with Crippen molar-refractivity contribution in [3.8, 4) is 5.75 Å². The molecule has 2 aromatic carbocycles. The van der Waals surface area contributed by atoms with E-state index in [1.54, 1.807) is 0 Å². The molecule has 2 heterocycles. The molecule has 1 N–H and O–H groups in total. The fraction of sp³-hybridized carbons (Fsp3) is 0.200. The number of aromatic hydroxyl groups is 1. The number of esters is 1. The van der Waals surface area contributed by atoms with E-state index in [1.165, 1.54) is 29.5 Å². The summed E-state index contributed by atoms with van der Waals surface area (Å²) in [4.78, 5) is 24.5. The summed E-state index contributed by atoms with van der Waals surface area (Å²) in [5, 5.41) is 13.3. The van der Waals surface area contributed by atoms with Crippen molar-refractivity contribution in [1.29, 1.82) is 0 Å². The Balaban J connectivity index is 1.79. The molecule has 5 nitrogen and oxygen atoms in total.